The molecule has 1 aromatic rings. The van der Waals surface area contributed by atoms with Gasteiger partial charge in [0.05, 0.1) is 5.56 Å². The van der Waals surface area contributed by atoms with Gasteiger partial charge in [0, 0.05) is 12.7 Å². The molecular formula is C15H24N4O. The second-order valence-corrected chi connectivity index (χ2v) is 5.71. The van der Waals surface area contributed by atoms with Crippen molar-refractivity contribution < 1.29 is 4.79 Å². The molecule has 0 spiro atoms. The molecule has 1 heterocycles. The van der Waals surface area contributed by atoms with Crippen LogP contribution in [-0.2, 0) is 0 Å². The minimum absolute atomic E-state index is 0.116. The summed E-state index contributed by atoms with van der Waals surface area (Å²) in [6.07, 6.45) is 7.89. The van der Waals surface area contributed by atoms with E-state index in [1.807, 2.05) is 0 Å². The highest BCUT2D eigenvalue weighted by Gasteiger charge is 2.18. The number of nitrogens with two attached hydrogens (primary N) is 1. The van der Waals surface area contributed by atoms with E-state index in [0.717, 1.165) is 24.8 Å². The molecule has 0 aromatic carbocycles. The zero-order valence-electron chi connectivity index (χ0n) is 12.1. The molecule has 0 atom stereocenters. The molecule has 110 valence electrons. The third-order valence-corrected chi connectivity index (χ3v) is 4.16. The van der Waals surface area contributed by atoms with Gasteiger partial charge >= 0.3 is 0 Å². The van der Waals surface area contributed by atoms with Gasteiger partial charge in [-0.05, 0) is 30.4 Å². The van der Waals surface area contributed by atoms with Crippen molar-refractivity contribution in [1.82, 2.24) is 10.3 Å². The Morgan fingerprint density at radius 3 is 2.85 bits per heavy atom. The number of rotatable bonds is 5. The first-order valence-corrected chi connectivity index (χ1v) is 7.40. The molecule has 0 saturated heterocycles. The molecule has 0 unspecified atom stereocenters. The van der Waals surface area contributed by atoms with Gasteiger partial charge in [0.25, 0.3) is 5.91 Å². The average molecular weight is 276 g/mol. The summed E-state index contributed by atoms with van der Waals surface area (Å²) in [6, 6.07) is 3.46. The lowest BCUT2D eigenvalue weighted by molar-refractivity contribution is 0.0950. The normalized spacial score (nSPS) is 22.3. The van der Waals surface area contributed by atoms with E-state index in [-0.39, 0.29) is 5.91 Å². The Morgan fingerprint density at radius 2 is 2.15 bits per heavy atom. The summed E-state index contributed by atoms with van der Waals surface area (Å²) in [7, 11) is 0. The number of hydrazine groups is 1. The average Bonchev–Trinajstić information content (AvgIpc) is 2.49. The molecule has 5 heteroatoms. The topological polar surface area (TPSA) is 80.0 Å². The fraction of sp³-hybridized carbons (Fsp3) is 0.600. The number of nitrogens with one attached hydrogen (secondary N) is 2. The van der Waals surface area contributed by atoms with Crippen molar-refractivity contribution in [3.05, 3.63) is 23.9 Å². The van der Waals surface area contributed by atoms with Crippen molar-refractivity contribution in [2.24, 2.45) is 17.7 Å². The van der Waals surface area contributed by atoms with Crippen LogP contribution in [0.2, 0.25) is 0 Å². The molecule has 0 bridgehead atoms. The highest BCUT2D eigenvalue weighted by molar-refractivity contribution is 5.98. The number of nitrogen functional groups attached to an aromatic ring is 1. The molecule has 1 saturated carbocycles. The lowest BCUT2D eigenvalue weighted by Crippen LogP contribution is -2.28. The van der Waals surface area contributed by atoms with Crippen LogP contribution in [0.5, 0.6) is 0 Å². The quantitative estimate of drug-likeness (QED) is 0.569. The first-order chi connectivity index (χ1) is 9.70. The van der Waals surface area contributed by atoms with E-state index in [1.165, 1.54) is 25.7 Å². The van der Waals surface area contributed by atoms with Crippen molar-refractivity contribution in [1.29, 1.82) is 0 Å². The highest BCUT2D eigenvalue weighted by Crippen LogP contribution is 2.29. The van der Waals surface area contributed by atoms with E-state index in [9.17, 15) is 4.79 Å². The largest absolute Gasteiger partial charge is 0.352 e. The van der Waals surface area contributed by atoms with Crippen molar-refractivity contribution >= 4 is 11.7 Å². The van der Waals surface area contributed by atoms with Gasteiger partial charge in [0.2, 0.25) is 0 Å². The summed E-state index contributed by atoms with van der Waals surface area (Å²) in [5.41, 5.74) is 2.94. The van der Waals surface area contributed by atoms with Crippen LogP contribution >= 0.6 is 0 Å². The Kier molecular flexibility index (Phi) is 5.35. The first-order valence-electron chi connectivity index (χ1n) is 7.40. The predicted octanol–water partition coefficient (Wildman–Crippen LogP) is 2.31. The second-order valence-electron chi connectivity index (χ2n) is 5.71. The third kappa shape index (κ3) is 3.93. The minimum atomic E-state index is -0.116. The summed E-state index contributed by atoms with van der Waals surface area (Å²) in [5, 5.41) is 2.96. The number of nitrogens with zero attached hydrogens (tertiary/aromatic N) is 1. The van der Waals surface area contributed by atoms with Gasteiger partial charge in [-0.2, -0.15) is 0 Å². The van der Waals surface area contributed by atoms with E-state index < -0.39 is 0 Å². The van der Waals surface area contributed by atoms with E-state index >= 15 is 0 Å². The van der Waals surface area contributed by atoms with Gasteiger partial charge < -0.3 is 10.7 Å². The highest BCUT2D eigenvalue weighted by atomic mass is 16.1. The standard InChI is InChI=1S/C15H24N4O/c1-11-4-6-12(7-5-11)8-10-18-15(20)13-3-2-9-17-14(13)19-16/h2-3,9,11-12H,4-8,10,16H2,1H3,(H,17,19)(H,18,20). The van der Waals surface area contributed by atoms with Gasteiger partial charge in [-0.15, -0.1) is 0 Å². The monoisotopic (exact) mass is 276 g/mol. The number of hydrogen-bond acceptors (Lipinski definition) is 4. The summed E-state index contributed by atoms with van der Waals surface area (Å²) < 4.78 is 0. The van der Waals surface area contributed by atoms with Crippen LogP contribution in [0.1, 0.15) is 49.4 Å². The van der Waals surface area contributed by atoms with Gasteiger partial charge in [0.15, 0.2) is 5.82 Å². The van der Waals surface area contributed by atoms with E-state index in [0.29, 0.717) is 11.4 Å². The molecule has 2 rings (SSSR count). The van der Waals surface area contributed by atoms with Crippen LogP contribution in [0.4, 0.5) is 5.82 Å². The van der Waals surface area contributed by atoms with E-state index in [2.05, 4.69) is 22.7 Å². The predicted molar refractivity (Wildman–Crippen MR) is 80.1 cm³/mol. The van der Waals surface area contributed by atoms with Crippen molar-refractivity contribution in [3.8, 4) is 0 Å². The molecule has 0 radical (unpaired) electrons. The lowest BCUT2D eigenvalue weighted by Gasteiger charge is -2.26. The van der Waals surface area contributed by atoms with Crippen LogP contribution in [0.3, 0.4) is 0 Å². The Labute approximate surface area is 120 Å². The van der Waals surface area contributed by atoms with Crippen LogP contribution in [0.15, 0.2) is 18.3 Å². The maximum absolute atomic E-state index is 12.1. The lowest BCUT2D eigenvalue weighted by atomic mass is 9.81. The van der Waals surface area contributed by atoms with E-state index in [1.54, 1.807) is 18.3 Å². The Hall–Kier alpha value is -1.62. The first kappa shape index (κ1) is 14.8. The molecule has 4 N–H and O–H groups in total. The minimum Gasteiger partial charge on any atom is -0.352 e. The van der Waals surface area contributed by atoms with Crippen LogP contribution in [0.25, 0.3) is 0 Å². The van der Waals surface area contributed by atoms with Crippen LogP contribution in [0, 0.1) is 11.8 Å². The number of carbonyl (C=O) groups is 1. The maximum atomic E-state index is 12.1. The summed E-state index contributed by atoms with van der Waals surface area (Å²) in [6.45, 7) is 3.04. The second kappa shape index (κ2) is 7.24. The third-order valence-electron chi connectivity index (χ3n) is 4.16. The van der Waals surface area contributed by atoms with Gasteiger partial charge in [-0.3, -0.25) is 4.79 Å². The Morgan fingerprint density at radius 1 is 1.40 bits per heavy atom. The maximum Gasteiger partial charge on any atom is 0.255 e. The Bertz CT molecular complexity index is 441. The van der Waals surface area contributed by atoms with Crippen molar-refractivity contribution in [2.75, 3.05) is 12.0 Å². The van der Waals surface area contributed by atoms with Gasteiger partial charge in [-0.25, -0.2) is 10.8 Å². The fourth-order valence-corrected chi connectivity index (χ4v) is 2.81. The molecule has 5 nitrogen and oxygen atoms in total. The Balaban J connectivity index is 1.78. The fourth-order valence-electron chi connectivity index (χ4n) is 2.81. The number of pyridine rings is 1. The molecule has 20 heavy (non-hydrogen) atoms. The number of carbonyl (C=O) groups excluding carboxylic acids is 1. The van der Waals surface area contributed by atoms with Crippen molar-refractivity contribution in [2.45, 2.75) is 39.0 Å². The SMILES string of the molecule is CC1CCC(CCNC(=O)c2cccnc2NN)CC1. The van der Waals surface area contributed by atoms with Crippen molar-refractivity contribution in [3.63, 3.8) is 0 Å². The number of amides is 1. The summed E-state index contributed by atoms with van der Waals surface area (Å²) in [4.78, 5) is 16.1. The molecule has 1 aliphatic carbocycles. The van der Waals surface area contributed by atoms with Gasteiger partial charge in [-0.1, -0.05) is 32.6 Å². The van der Waals surface area contributed by atoms with Gasteiger partial charge in [0.1, 0.15) is 0 Å². The van der Waals surface area contributed by atoms with Crippen LogP contribution in [-0.4, -0.2) is 17.4 Å². The molecule has 1 aromatic heterocycles. The van der Waals surface area contributed by atoms with Crippen LogP contribution < -0.4 is 16.6 Å². The zero-order chi connectivity index (χ0) is 14.4. The van der Waals surface area contributed by atoms with E-state index in [4.69, 9.17) is 5.84 Å². The molecule has 0 aliphatic heterocycles. The summed E-state index contributed by atoms with van der Waals surface area (Å²) >= 11 is 0. The smallest absolute Gasteiger partial charge is 0.255 e. The number of anilines is 1. The number of hydrogen-bond donors (Lipinski definition) is 3. The molecule has 1 aliphatic rings. The summed E-state index contributed by atoms with van der Waals surface area (Å²) in [5.74, 6) is 7.28. The molecule has 1 amide bonds. The number of aromatic nitrogens is 1. The molecular weight excluding hydrogens is 252 g/mol. The zero-order valence-corrected chi connectivity index (χ0v) is 12.1. The molecule has 1 fully saturated rings.